The Bertz CT molecular complexity index is 915. The minimum atomic E-state index is -0.183. The number of methoxy groups -OCH3 is 1. The Labute approximate surface area is 191 Å². The summed E-state index contributed by atoms with van der Waals surface area (Å²) in [6.07, 6.45) is 2.77. The zero-order chi connectivity index (χ0) is 22.8. The van der Waals surface area contributed by atoms with Gasteiger partial charge in [0.1, 0.15) is 5.75 Å². The van der Waals surface area contributed by atoms with Crippen LogP contribution in [0, 0.1) is 5.92 Å². The zero-order valence-corrected chi connectivity index (χ0v) is 19.1. The van der Waals surface area contributed by atoms with Gasteiger partial charge in [-0.3, -0.25) is 14.7 Å². The SMILES string of the molecule is CN=C(NCCc1ccccc1OC)NCc1cccc(CN2CCCC(C(N)=O)C2)c1. The van der Waals surface area contributed by atoms with E-state index in [0.29, 0.717) is 6.54 Å². The number of nitrogens with two attached hydrogens (primary N) is 1. The van der Waals surface area contributed by atoms with E-state index in [9.17, 15) is 4.79 Å². The van der Waals surface area contributed by atoms with Gasteiger partial charge >= 0.3 is 0 Å². The van der Waals surface area contributed by atoms with E-state index in [4.69, 9.17) is 10.5 Å². The molecular formula is C25H35N5O2. The van der Waals surface area contributed by atoms with E-state index in [2.05, 4.69) is 50.9 Å². The molecule has 2 aromatic rings. The van der Waals surface area contributed by atoms with Crippen LogP contribution in [0.25, 0.3) is 0 Å². The second-order valence-corrected chi connectivity index (χ2v) is 8.21. The van der Waals surface area contributed by atoms with Gasteiger partial charge in [-0.1, -0.05) is 42.5 Å². The third-order valence-corrected chi connectivity index (χ3v) is 5.87. The lowest BCUT2D eigenvalue weighted by Gasteiger charge is -2.31. The van der Waals surface area contributed by atoms with Gasteiger partial charge in [-0.15, -0.1) is 0 Å². The molecule has 7 heteroatoms. The lowest BCUT2D eigenvalue weighted by Crippen LogP contribution is -2.40. The first-order chi connectivity index (χ1) is 15.6. The normalized spacial score (nSPS) is 17.1. The highest BCUT2D eigenvalue weighted by molar-refractivity contribution is 5.79. The smallest absolute Gasteiger partial charge is 0.221 e. The molecule has 1 unspecified atom stereocenters. The minimum absolute atomic E-state index is 0.0288. The van der Waals surface area contributed by atoms with Crippen LogP contribution in [-0.4, -0.2) is 50.6 Å². The number of primary amides is 1. The summed E-state index contributed by atoms with van der Waals surface area (Å²) < 4.78 is 5.42. The first kappa shape index (κ1) is 23.6. The topological polar surface area (TPSA) is 92.0 Å². The lowest BCUT2D eigenvalue weighted by atomic mass is 9.97. The van der Waals surface area contributed by atoms with Gasteiger partial charge in [-0.25, -0.2) is 0 Å². The molecule has 0 spiro atoms. The molecule has 1 fully saturated rings. The number of likely N-dealkylation sites (tertiary alicyclic amines) is 1. The van der Waals surface area contributed by atoms with Crippen molar-refractivity contribution >= 4 is 11.9 Å². The fourth-order valence-corrected chi connectivity index (χ4v) is 4.16. The predicted molar refractivity (Wildman–Crippen MR) is 129 cm³/mol. The molecule has 0 bridgehead atoms. The molecule has 0 radical (unpaired) electrons. The summed E-state index contributed by atoms with van der Waals surface area (Å²) in [7, 11) is 3.47. The van der Waals surface area contributed by atoms with Crippen molar-refractivity contribution < 1.29 is 9.53 Å². The molecule has 1 atom stereocenters. The molecular weight excluding hydrogens is 402 g/mol. The summed E-state index contributed by atoms with van der Waals surface area (Å²) in [4.78, 5) is 18.2. The first-order valence-electron chi connectivity index (χ1n) is 11.2. The maximum Gasteiger partial charge on any atom is 0.221 e. The van der Waals surface area contributed by atoms with E-state index in [0.717, 1.165) is 57.2 Å². The van der Waals surface area contributed by atoms with Gasteiger partial charge in [0, 0.05) is 33.2 Å². The quantitative estimate of drug-likeness (QED) is 0.414. The van der Waals surface area contributed by atoms with Crippen molar-refractivity contribution in [2.45, 2.75) is 32.4 Å². The molecule has 172 valence electrons. The van der Waals surface area contributed by atoms with Crippen LogP contribution in [0.4, 0.5) is 0 Å². The number of carbonyl (C=O) groups excluding carboxylic acids is 1. The van der Waals surface area contributed by atoms with Crippen LogP contribution in [0.15, 0.2) is 53.5 Å². The minimum Gasteiger partial charge on any atom is -0.496 e. The third kappa shape index (κ3) is 6.99. The van der Waals surface area contributed by atoms with Gasteiger partial charge < -0.3 is 21.1 Å². The highest BCUT2D eigenvalue weighted by atomic mass is 16.5. The molecule has 0 aliphatic carbocycles. The van der Waals surface area contributed by atoms with Crippen molar-refractivity contribution in [2.75, 3.05) is 33.8 Å². The van der Waals surface area contributed by atoms with Crippen LogP contribution < -0.4 is 21.1 Å². The van der Waals surface area contributed by atoms with Crippen LogP contribution in [0.3, 0.4) is 0 Å². The number of carbonyl (C=O) groups is 1. The number of guanidine groups is 1. The highest BCUT2D eigenvalue weighted by Gasteiger charge is 2.23. The van der Waals surface area contributed by atoms with Crippen molar-refractivity contribution in [3.63, 3.8) is 0 Å². The van der Waals surface area contributed by atoms with Crippen LogP contribution >= 0.6 is 0 Å². The molecule has 1 saturated heterocycles. The lowest BCUT2D eigenvalue weighted by molar-refractivity contribution is -0.123. The average molecular weight is 438 g/mol. The second kappa shape index (κ2) is 12.1. The average Bonchev–Trinajstić information content (AvgIpc) is 2.82. The maximum absolute atomic E-state index is 11.5. The standard InChI is InChI=1S/C25H35N5O2/c1-27-25(28-13-12-21-9-3-4-11-23(21)32-2)29-16-19-7-5-8-20(15-19)17-30-14-6-10-22(18-30)24(26)31/h3-5,7-9,11,15,22H,6,10,12-14,16-18H2,1-2H3,(H2,26,31)(H2,27,28,29). The summed E-state index contributed by atoms with van der Waals surface area (Å²) >= 11 is 0. The number of hydrogen-bond acceptors (Lipinski definition) is 4. The van der Waals surface area contributed by atoms with Crippen molar-refractivity contribution in [2.24, 2.45) is 16.6 Å². The number of piperidine rings is 1. The van der Waals surface area contributed by atoms with Crippen LogP contribution in [0.5, 0.6) is 5.75 Å². The Hall–Kier alpha value is -3.06. The monoisotopic (exact) mass is 437 g/mol. The molecule has 1 aliphatic heterocycles. The van der Waals surface area contributed by atoms with E-state index in [1.54, 1.807) is 14.2 Å². The van der Waals surface area contributed by atoms with Crippen LogP contribution in [-0.2, 0) is 24.3 Å². The largest absolute Gasteiger partial charge is 0.496 e. The number of rotatable bonds is 9. The Morgan fingerprint density at radius 2 is 2.00 bits per heavy atom. The second-order valence-electron chi connectivity index (χ2n) is 8.21. The number of amides is 1. The fourth-order valence-electron chi connectivity index (χ4n) is 4.16. The van der Waals surface area contributed by atoms with E-state index < -0.39 is 0 Å². The number of aliphatic imine (C=N–C) groups is 1. The zero-order valence-electron chi connectivity index (χ0n) is 19.1. The van der Waals surface area contributed by atoms with E-state index >= 15 is 0 Å². The molecule has 0 aromatic heterocycles. The van der Waals surface area contributed by atoms with Gasteiger partial charge in [0.15, 0.2) is 5.96 Å². The fraction of sp³-hybridized carbons (Fsp3) is 0.440. The summed E-state index contributed by atoms with van der Waals surface area (Å²) in [5.74, 6) is 1.46. The van der Waals surface area contributed by atoms with Crippen LogP contribution in [0.2, 0.25) is 0 Å². The van der Waals surface area contributed by atoms with Crippen molar-refractivity contribution in [1.29, 1.82) is 0 Å². The van der Waals surface area contributed by atoms with Gasteiger partial charge in [-0.05, 0) is 48.6 Å². The Morgan fingerprint density at radius 1 is 1.19 bits per heavy atom. The van der Waals surface area contributed by atoms with Crippen LogP contribution in [0.1, 0.15) is 29.5 Å². The number of hydrogen-bond donors (Lipinski definition) is 3. The predicted octanol–water partition coefficient (Wildman–Crippen LogP) is 2.30. The van der Waals surface area contributed by atoms with Crippen molar-refractivity contribution in [3.8, 4) is 5.75 Å². The summed E-state index contributed by atoms with van der Waals surface area (Å²) in [5.41, 5.74) is 9.12. The number of nitrogens with one attached hydrogen (secondary N) is 2. The summed E-state index contributed by atoms with van der Waals surface area (Å²) in [6, 6.07) is 16.6. The molecule has 0 saturated carbocycles. The Kier molecular flexibility index (Phi) is 8.92. The number of para-hydroxylation sites is 1. The van der Waals surface area contributed by atoms with E-state index in [1.807, 2.05) is 18.2 Å². The summed E-state index contributed by atoms with van der Waals surface area (Å²) in [6.45, 7) is 4.04. The Morgan fingerprint density at radius 3 is 2.78 bits per heavy atom. The molecule has 3 rings (SSSR count). The molecule has 2 aromatic carbocycles. The molecule has 1 heterocycles. The van der Waals surface area contributed by atoms with Gasteiger partial charge in [-0.2, -0.15) is 0 Å². The maximum atomic E-state index is 11.5. The molecule has 32 heavy (non-hydrogen) atoms. The van der Waals surface area contributed by atoms with E-state index in [-0.39, 0.29) is 11.8 Å². The number of benzene rings is 2. The van der Waals surface area contributed by atoms with Crippen molar-refractivity contribution in [1.82, 2.24) is 15.5 Å². The summed E-state index contributed by atoms with van der Waals surface area (Å²) in [5, 5.41) is 6.75. The van der Waals surface area contributed by atoms with Gasteiger partial charge in [0.05, 0.1) is 13.0 Å². The first-order valence-corrected chi connectivity index (χ1v) is 11.2. The third-order valence-electron chi connectivity index (χ3n) is 5.87. The number of ether oxygens (including phenoxy) is 1. The Balaban J connectivity index is 1.47. The highest BCUT2D eigenvalue weighted by Crippen LogP contribution is 2.19. The molecule has 4 N–H and O–H groups in total. The van der Waals surface area contributed by atoms with Gasteiger partial charge in [0.2, 0.25) is 5.91 Å². The molecule has 7 nitrogen and oxygen atoms in total. The molecule has 1 amide bonds. The van der Waals surface area contributed by atoms with Crippen molar-refractivity contribution in [3.05, 3.63) is 65.2 Å². The van der Waals surface area contributed by atoms with E-state index in [1.165, 1.54) is 16.7 Å². The van der Waals surface area contributed by atoms with Gasteiger partial charge in [0.25, 0.3) is 0 Å². The molecule has 1 aliphatic rings. The number of nitrogens with zero attached hydrogens (tertiary/aromatic N) is 2.